The molecule has 1 aromatic heterocycles. The molecule has 28 heavy (non-hydrogen) atoms. The Morgan fingerprint density at radius 3 is 2.43 bits per heavy atom. The summed E-state index contributed by atoms with van der Waals surface area (Å²) in [6.45, 7) is 3.08. The normalized spacial score (nSPS) is 10.4. The predicted molar refractivity (Wildman–Crippen MR) is 101 cm³/mol. The number of anilines is 3. The Balaban J connectivity index is 1.82. The maximum Gasteiger partial charge on any atom is 0.274 e. The molecule has 1 heterocycles. The van der Waals surface area contributed by atoms with Crippen LogP contribution in [0.5, 0.6) is 0 Å². The van der Waals surface area contributed by atoms with Gasteiger partial charge in [-0.25, -0.2) is 18.7 Å². The number of rotatable bonds is 5. The lowest BCUT2D eigenvalue weighted by Gasteiger charge is -2.10. The van der Waals surface area contributed by atoms with E-state index < -0.39 is 17.5 Å². The summed E-state index contributed by atoms with van der Waals surface area (Å²) in [6, 6.07) is 11.3. The first-order valence-electron chi connectivity index (χ1n) is 8.32. The molecule has 0 aliphatic carbocycles. The number of benzene rings is 2. The molecule has 3 aromatic rings. The molecule has 0 radical (unpaired) electrons. The van der Waals surface area contributed by atoms with Gasteiger partial charge < -0.3 is 10.6 Å². The molecule has 0 aliphatic heterocycles. The number of aryl methyl sites for hydroxylation is 1. The van der Waals surface area contributed by atoms with Crippen molar-refractivity contribution in [3.63, 3.8) is 0 Å². The van der Waals surface area contributed by atoms with Crippen molar-refractivity contribution in [2.45, 2.75) is 13.8 Å². The molecule has 0 saturated carbocycles. The van der Waals surface area contributed by atoms with Gasteiger partial charge in [-0.05, 0) is 38.1 Å². The molecule has 2 aromatic carbocycles. The maximum atomic E-state index is 13.3. The molecule has 0 aliphatic rings. The minimum Gasteiger partial charge on any atom is -0.340 e. The lowest BCUT2D eigenvalue weighted by molar-refractivity contribution is 0.101. The first kappa shape index (κ1) is 19.1. The molecule has 3 rings (SSSR count). The van der Waals surface area contributed by atoms with E-state index in [9.17, 15) is 18.4 Å². The maximum absolute atomic E-state index is 13.3. The molecule has 0 fully saturated rings. The van der Waals surface area contributed by atoms with Crippen LogP contribution < -0.4 is 10.6 Å². The summed E-state index contributed by atoms with van der Waals surface area (Å²) in [5.74, 6) is -2.06. The van der Waals surface area contributed by atoms with Crippen LogP contribution in [0.4, 0.5) is 26.0 Å². The average Bonchev–Trinajstić information content (AvgIpc) is 2.64. The quantitative estimate of drug-likeness (QED) is 0.644. The number of nitrogens with one attached hydrogen (secondary N) is 2. The van der Waals surface area contributed by atoms with Gasteiger partial charge in [0.2, 0.25) is 0 Å². The van der Waals surface area contributed by atoms with Gasteiger partial charge in [0.05, 0.1) is 0 Å². The van der Waals surface area contributed by atoms with E-state index >= 15 is 0 Å². The fourth-order valence-electron chi connectivity index (χ4n) is 2.48. The zero-order chi connectivity index (χ0) is 20.3. The largest absolute Gasteiger partial charge is 0.340 e. The summed E-state index contributed by atoms with van der Waals surface area (Å²) in [5, 5.41) is 5.48. The zero-order valence-electron chi connectivity index (χ0n) is 15.1. The number of amides is 1. The number of aromatic nitrogens is 2. The van der Waals surface area contributed by atoms with Gasteiger partial charge in [-0.1, -0.05) is 12.1 Å². The number of carbonyl (C=O) groups excluding carboxylic acids is 2. The Morgan fingerprint density at radius 2 is 1.71 bits per heavy atom. The van der Waals surface area contributed by atoms with Crippen LogP contribution in [0.15, 0.2) is 48.5 Å². The van der Waals surface area contributed by atoms with E-state index in [0.717, 1.165) is 12.1 Å². The van der Waals surface area contributed by atoms with Crippen LogP contribution in [0.3, 0.4) is 0 Å². The fraction of sp³-hybridized carbons (Fsp3) is 0.100. The van der Waals surface area contributed by atoms with E-state index in [-0.39, 0.29) is 17.2 Å². The number of halogens is 2. The molecule has 0 atom stereocenters. The Bertz CT molecular complexity index is 1070. The highest BCUT2D eigenvalue weighted by Gasteiger charge is 2.13. The van der Waals surface area contributed by atoms with Crippen LogP contribution in [0, 0.1) is 18.6 Å². The molecule has 0 saturated heterocycles. The highest BCUT2D eigenvalue weighted by atomic mass is 19.2. The lowest BCUT2D eigenvalue weighted by Crippen LogP contribution is -2.15. The van der Waals surface area contributed by atoms with Crippen molar-refractivity contribution in [3.8, 4) is 0 Å². The van der Waals surface area contributed by atoms with Gasteiger partial charge in [0.1, 0.15) is 17.3 Å². The smallest absolute Gasteiger partial charge is 0.274 e. The fourth-order valence-corrected chi connectivity index (χ4v) is 2.48. The van der Waals surface area contributed by atoms with Gasteiger partial charge in [-0.15, -0.1) is 0 Å². The van der Waals surface area contributed by atoms with Crippen molar-refractivity contribution in [2.24, 2.45) is 0 Å². The van der Waals surface area contributed by atoms with Gasteiger partial charge in [-0.2, -0.15) is 0 Å². The van der Waals surface area contributed by atoms with Crippen molar-refractivity contribution < 1.29 is 18.4 Å². The van der Waals surface area contributed by atoms with Crippen LogP contribution in [-0.2, 0) is 0 Å². The van der Waals surface area contributed by atoms with Crippen LogP contribution >= 0.6 is 0 Å². The molecule has 2 N–H and O–H groups in total. The van der Waals surface area contributed by atoms with Crippen molar-refractivity contribution in [1.82, 2.24) is 9.97 Å². The van der Waals surface area contributed by atoms with Crippen LogP contribution in [-0.4, -0.2) is 21.7 Å². The lowest BCUT2D eigenvalue weighted by atomic mass is 10.1. The van der Waals surface area contributed by atoms with Crippen molar-refractivity contribution >= 4 is 28.9 Å². The summed E-state index contributed by atoms with van der Waals surface area (Å²) >= 11 is 0. The van der Waals surface area contributed by atoms with Crippen molar-refractivity contribution in [2.75, 3.05) is 10.6 Å². The average molecular weight is 382 g/mol. The number of Topliss-reactive ketones (excluding diaryl/α,β-unsaturated/α-hetero) is 1. The highest BCUT2D eigenvalue weighted by molar-refractivity contribution is 6.03. The second-order valence-electron chi connectivity index (χ2n) is 6.03. The summed E-state index contributed by atoms with van der Waals surface area (Å²) in [5.41, 5.74) is 1.30. The Labute approximate surface area is 159 Å². The van der Waals surface area contributed by atoms with Gasteiger partial charge in [0.25, 0.3) is 5.91 Å². The Kier molecular flexibility index (Phi) is 5.39. The van der Waals surface area contributed by atoms with Gasteiger partial charge >= 0.3 is 0 Å². The minimum absolute atomic E-state index is 0.0439. The highest BCUT2D eigenvalue weighted by Crippen LogP contribution is 2.19. The summed E-state index contributed by atoms with van der Waals surface area (Å²) in [6.07, 6.45) is 0. The van der Waals surface area contributed by atoms with Gasteiger partial charge in [0, 0.05) is 29.1 Å². The number of hydrogen-bond acceptors (Lipinski definition) is 5. The second-order valence-corrected chi connectivity index (χ2v) is 6.03. The Morgan fingerprint density at radius 1 is 0.929 bits per heavy atom. The monoisotopic (exact) mass is 382 g/mol. The van der Waals surface area contributed by atoms with Crippen molar-refractivity contribution in [3.05, 3.63) is 77.2 Å². The van der Waals surface area contributed by atoms with Crippen LogP contribution in [0.25, 0.3) is 0 Å². The molecule has 8 heteroatoms. The van der Waals surface area contributed by atoms with E-state index in [1.165, 1.54) is 19.1 Å². The minimum atomic E-state index is -1.07. The first-order chi connectivity index (χ1) is 13.3. The van der Waals surface area contributed by atoms with E-state index in [1.807, 2.05) is 0 Å². The molecule has 1 amide bonds. The van der Waals surface area contributed by atoms with E-state index in [4.69, 9.17) is 0 Å². The summed E-state index contributed by atoms with van der Waals surface area (Å²) in [4.78, 5) is 32.2. The first-order valence-corrected chi connectivity index (χ1v) is 8.32. The molecule has 0 bridgehead atoms. The van der Waals surface area contributed by atoms with Gasteiger partial charge in [-0.3, -0.25) is 9.59 Å². The van der Waals surface area contributed by atoms with E-state index in [2.05, 4.69) is 20.6 Å². The third kappa shape index (κ3) is 4.53. The van der Waals surface area contributed by atoms with E-state index in [1.54, 1.807) is 31.2 Å². The van der Waals surface area contributed by atoms with Crippen LogP contribution in [0.2, 0.25) is 0 Å². The number of hydrogen-bond donors (Lipinski definition) is 2. The topological polar surface area (TPSA) is 84.0 Å². The summed E-state index contributed by atoms with van der Waals surface area (Å²) < 4.78 is 26.3. The number of ketones is 1. The molecule has 0 unspecified atom stereocenters. The third-order valence-electron chi connectivity index (χ3n) is 3.79. The zero-order valence-corrected chi connectivity index (χ0v) is 15.1. The molecular weight excluding hydrogens is 366 g/mol. The Hall–Kier alpha value is -3.68. The van der Waals surface area contributed by atoms with Gasteiger partial charge in [0.15, 0.2) is 17.4 Å². The molecule has 6 nitrogen and oxygen atoms in total. The number of carbonyl (C=O) groups is 2. The summed E-state index contributed by atoms with van der Waals surface area (Å²) in [7, 11) is 0. The number of nitrogens with zero attached hydrogens (tertiary/aromatic N) is 2. The molecule has 0 spiro atoms. The molecular formula is C20H16F2N4O2. The van der Waals surface area contributed by atoms with Crippen molar-refractivity contribution in [1.29, 1.82) is 0 Å². The van der Waals surface area contributed by atoms with Crippen LogP contribution in [0.1, 0.15) is 33.6 Å². The second kappa shape index (κ2) is 7.91. The molecule has 142 valence electrons. The third-order valence-corrected chi connectivity index (χ3v) is 3.79. The predicted octanol–water partition coefficient (Wildman–Crippen LogP) is 4.26. The standard InChI is InChI=1S/C20H16F2N4O2/c1-11(27)13-4-3-5-14(8-13)25-19-10-18(23-12(2)24-19)20(28)26-15-6-7-16(21)17(22)9-15/h3-10H,1-2H3,(H,26,28)(H,23,24,25). The SMILES string of the molecule is CC(=O)c1cccc(Nc2cc(C(=O)Nc3ccc(F)c(F)c3)nc(C)n2)c1. The van der Waals surface area contributed by atoms with E-state index in [0.29, 0.717) is 22.9 Å².